The van der Waals surface area contributed by atoms with Crippen molar-refractivity contribution in [2.75, 3.05) is 24.6 Å². The first-order valence-corrected chi connectivity index (χ1v) is 5.88. The molecule has 0 saturated heterocycles. The molecule has 1 unspecified atom stereocenters. The van der Waals surface area contributed by atoms with E-state index in [1.807, 2.05) is 6.07 Å². The topological polar surface area (TPSA) is 82.2 Å². The fraction of sp³-hybridized carbons (Fsp3) is 0.385. The molecule has 0 radical (unpaired) electrons. The van der Waals surface area contributed by atoms with Gasteiger partial charge in [-0.05, 0) is 32.2 Å². The van der Waals surface area contributed by atoms with Crippen LogP contribution in [0.25, 0.3) is 0 Å². The van der Waals surface area contributed by atoms with Gasteiger partial charge in [0.1, 0.15) is 5.82 Å². The summed E-state index contributed by atoms with van der Waals surface area (Å²) in [5.41, 5.74) is 6.18. The van der Waals surface area contributed by atoms with Crippen LogP contribution in [0.4, 0.5) is 15.8 Å². The first-order chi connectivity index (χ1) is 8.95. The molecule has 102 valence electrons. The summed E-state index contributed by atoms with van der Waals surface area (Å²) in [5, 5.41) is 11.1. The van der Waals surface area contributed by atoms with Gasteiger partial charge in [0.25, 0.3) is 0 Å². The predicted octanol–water partition coefficient (Wildman–Crippen LogP) is 1.58. The molecule has 5 nitrogen and oxygen atoms in total. The highest BCUT2D eigenvalue weighted by Gasteiger charge is 2.18. The second-order valence-electron chi connectivity index (χ2n) is 4.29. The normalized spacial score (nSPS) is 11.9. The molecule has 6 heteroatoms. The van der Waals surface area contributed by atoms with Gasteiger partial charge in [-0.3, -0.25) is 9.69 Å². The van der Waals surface area contributed by atoms with Crippen LogP contribution in [-0.4, -0.2) is 30.4 Å². The van der Waals surface area contributed by atoms with Crippen molar-refractivity contribution >= 4 is 17.3 Å². The van der Waals surface area contributed by atoms with E-state index in [4.69, 9.17) is 11.0 Å². The summed E-state index contributed by atoms with van der Waals surface area (Å²) in [4.78, 5) is 13.7. The van der Waals surface area contributed by atoms with E-state index in [1.165, 1.54) is 12.1 Å². The van der Waals surface area contributed by atoms with Gasteiger partial charge in [0.05, 0.1) is 23.5 Å². The summed E-state index contributed by atoms with van der Waals surface area (Å²) in [5.74, 6) is -0.701. The molecule has 0 aliphatic rings. The number of nitrogens with one attached hydrogen (secondary N) is 1. The van der Waals surface area contributed by atoms with Crippen molar-refractivity contribution in [3.63, 3.8) is 0 Å². The molecule has 0 aromatic heterocycles. The molecule has 3 N–H and O–H groups in total. The number of nitrogens with zero attached hydrogens (tertiary/aromatic N) is 2. The van der Waals surface area contributed by atoms with Gasteiger partial charge in [-0.2, -0.15) is 5.26 Å². The minimum absolute atomic E-state index is 0.181. The Morgan fingerprint density at radius 1 is 1.63 bits per heavy atom. The zero-order chi connectivity index (χ0) is 14.4. The van der Waals surface area contributed by atoms with Crippen molar-refractivity contribution in [2.45, 2.75) is 19.4 Å². The smallest absolute Gasteiger partial charge is 0.241 e. The van der Waals surface area contributed by atoms with Crippen molar-refractivity contribution in [3.8, 4) is 6.07 Å². The first-order valence-electron chi connectivity index (χ1n) is 5.88. The minimum atomic E-state index is -0.449. The van der Waals surface area contributed by atoms with E-state index in [1.54, 1.807) is 18.9 Å². The lowest BCUT2D eigenvalue weighted by Crippen LogP contribution is -2.40. The summed E-state index contributed by atoms with van der Waals surface area (Å²) in [6.07, 6.45) is 0.354. The number of rotatable bonds is 5. The Morgan fingerprint density at radius 3 is 2.89 bits per heavy atom. The van der Waals surface area contributed by atoms with E-state index < -0.39 is 11.9 Å². The van der Waals surface area contributed by atoms with E-state index in [0.717, 1.165) is 6.07 Å². The fourth-order valence-electron chi connectivity index (χ4n) is 1.50. The molecule has 19 heavy (non-hydrogen) atoms. The van der Waals surface area contributed by atoms with Crippen LogP contribution in [0.5, 0.6) is 0 Å². The van der Waals surface area contributed by atoms with Crippen LogP contribution >= 0.6 is 0 Å². The average Bonchev–Trinajstić information content (AvgIpc) is 2.38. The Morgan fingerprint density at radius 2 is 2.32 bits per heavy atom. The summed E-state index contributed by atoms with van der Waals surface area (Å²) in [7, 11) is 1.76. The largest absolute Gasteiger partial charge is 0.397 e. The van der Waals surface area contributed by atoms with Crippen LogP contribution in [-0.2, 0) is 4.79 Å². The Kier molecular flexibility index (Phi) is 5.27. The SMILES string of the molecule is CC(C(=O)Nc1ccc(F)cc1N)N(C)CCC#N. The second kappa shape index (κ2) is 6.71. The number of amides is 1. The van der Waals surface area contributed by atoms with Crippen molar-refractivity contribution in [2.24, 2.45) is 0 Å². The highest BCUT2D eigenvalue weighted by Crippen LogP contribution is 2.19. The lowest BCUT2D eigenvalue weighted by molar-refractivity contribution is -0.120. The molecular weight excluding hydrogens is 247 g/mol. The van der Waals surface area contributed by atoms with Crippen LogP contribution in [0.15, 0.2) is 18.2 Å². The molecule has 1 aromatic carbocycles. The summed E-state index contributed by atoms with van der Waals surface area (Å²) < 4.78 is 12.9. The number of halogens is 1. The van der Waals surface area contributed by atoms with E-state index in [2.05, 4.69) is 5.32 Å². The molecule has 0 fully saturated rings. The number of nitriles is 1. The fourth-order valence-corrected chi connectivity index (χ4v) is 1.50. The Labute approximate surface area is 111 Å². The van der Waals surface area contributed by atoms with E-state index in [0.29, 0.717) is 18.7 Å². The second-order valence-corrected chi connectivity index (χ2v) is 4.29. The average molecular weight is 264 g/mol. The maximum absolute atomic E-state index is 12.9. The molecule has 0 aliphatic carbocycles. The third-order valence-electron chi connectivity index (χ3n) is 2.89. The molecule has 1 aromatic rings. The van der Waals surface area contributed by atoms with Gasteiger partial charge in [-0.25, -0.2) is 4.39 Å². The standard InChI is InChI=1S/C13H17FN4O/c1-9(18(2)7-3-6-15)13(19)17-12-5-4-10(14)8-11(12)16/h4-5,8-9H,3,7,16H2,1-2H3,(H,17,19). The van der Waals surface area contributed by atoms with E-state index in [-0.39, 0.29) is 11.6 Å². The van der Waals surface area contributed by atoms with E-state index in [9.17, 15) is 9.18 Å². The van der Waals surface area contributed by atoms with Gasteiger partial charge in [0.2, 0.25) is 5.91 Å². The number of anilines is 2. The molecule has 0 bridgehead atoms. The molecule has 1 rings (SSSR count). The number of hydrogen-bond donors (Lipinski definition) is 2. The number of carbonyl (C=O) groups excluding carboxylic acids is 1. The third-order valence-corrected chi connectivity index (χ3v) is 2.89. The molecule has 0 saturated carbocycles. The molecule has 0 heterocycles. The highest BCUT2D eigenvalue weighted by molar-refractivity contribution is 5.97. The minimum Gasteiger partial charge on any atom is -0.397 e. The van der Waals surface area contributed by atoms with Crippen LogP contribution in [0, 0.1) is 17.1 Å². The van der Waals surface area contributed by atoms with Gasteiger partial charge in [0.15, 0.2) is 0 Å². The number of carbonyl (C=O) groups is 1. The van der Waals surface area contributed by atoms with Crippen LogP contribution < -0.4 is 11.1 Å². The van der Waals surface area contributed by atoms with Gasteiger partial charge in [-0.15, -0.1) is 0 Å². The summed E-state index contributed by atoms with van der Waals surface area (Å²) in [6, 6.07) is 5.42. The third kappa shape index (κ3) is 4.23. The Balaban J connectivity index is 2.66. The number of likely N-dealkylation sites (N-methyl/N-ethyl adjacent to an activating group) is 1. The lowest BCUT2D eigenvalue weighted by Gasteiger charge is -2.23. The van der Waals surface area contributed by atoms with Gasteiger partial charge < -0.3 is 11.1 Å². The lowest BCUT2D eigenvalue weighted by atomic mass is 10.2. The monoisotopic (exact) mass is 264 g/mol. The van der Waals surface area contributed by atoms with E-state index >= 15 is 0 Å². The molecule has 0 aliphatic heterocycles. The Hall–Kier alpha value is -2.13. The van der Waals surface area contributed by atoms with Gasteiger partial charge in [-0.1, -0.05) is 0 Å². The summed E-state index contributed by atoms with van der Waals surface area (Å²) >= 11 is 0. The maximum atomic E-state index is 12.9. The zero-order valence-electron chi connectivity index (χ0n) is 11.0. The zero-order valence-corrected chi connectivity index (χ0v) is 11.0. The van der Waals surface area contributed by atoms with Crippen molar-refractivity contribution < 1.29 is 9.18 Å². The van der Waals surface area contributed by atoms with Crippen LogP contribution in [0.2, 0.25) is 0 Å². The summed E-state index contributed by atoms with van der Waals surface area (Å²) in [6.45, 7) is 2.23. The quantitative estimate of drug-likeness (QED) is 0.791. The van der Waals surface area contributed by atoms with Crippen LogP contribution in [0.3, 0.4) is 0 Å². The molecule has 1 amide bonds. The van der Waals surface area contributed by atoms with Crippen molar-refractivity contribution in [1.29, 1.82) is 5.26 Å². The number of benzene rings is 1. The van der Waals surface area contributed by atoms with Gasteiger partial charge >= 0.3 is 0 Å². The molecule has 1 atom stereocenters. The molecular formula is C13H17FN4O. The van der Waals surface area contributed by atoms with Crippen LogP contribution in [0.1, 0.15) is 13.3 Å². The maximum Gasteiger partial charge on any atom is 0.241 e. The number of nitrogen functional groups attached to an aromatic ring is 1. The molecule has 0 spiro atoms. The van der Waals surface area contributed by atoms with Gasteiger partial charge in [0, 0.05) is 13.0 Å². The number of hydrogen-bond acceptors (Lipinski definition) is 4. The first kappa shape index (κ1) is 14.9. The predicted molar refractivity (Wildman–Crippen MR) is 71.8 cm³/mol. The number of nitrogens with two attached hydrogens (primary N) is 1. The Bertz CT molecular complexity index is 498. The highest BCUT2D eigenvalue weighted by atomic mass is 19.1. The van der Waals surface area contributed by atoms with Crippen molar-refractivity contribution in [3.05, 3.63) is 24.0 Å². The van der Waals surface area contributed by atoms with Crippen molar-refractivity contribution in [1.82, 2.24) is 4.90 Å².